The third kappa shape index (κ3) is 3.02. The number of carbonyl (C=O) groups is 1. The first-order valence-corrected chi connectivity index (χ1v) is 7.05. The molecule has 1 heterocycles. The second kappa shape index (κ2) is 5.52. The lowest BCUT2D eigenvalue weighted by molar-refractivity contribution is 0.0724. The number of methoxy groups -OCH3 is 1. The van der Waals surface area contributed by atoms with Crippen molar-refractivity contribution in [2.24, 2.45) is 0 Å². The van der Waals surface area contributed by atoms with Crippen molar-refractivity contribution in [2.75, 3.05) is 12.8 Å². The van der Waals surface area contributed by atoms with Crippen LogP contribution in [0.1, 0.15) is 28.9 Å². The SMILES string of the molecule is COc1ccc(CN(C(=O)c2cc(N)c[nH]2)C2CC2)cc1. The number of aromatic nitrogens is 1. The molecule has 5 nitrogen and oxygen atoms in total. The van der Waals surface area contributed by atoms with Gasteiger partial charge in [-0.25, -0.2) is 0 Å². The summed E-state index contributed by atoms with van der Waals surface area (Å²) in [4.78, 5) is 17.4. The molecule has 0 aliphatic heterocycles. The molecule has 0 radical (unpaired) electrons. The standard InChI is InChI=1S/C16H19N3O2/c1-21-14-6-2-11(3-7-14)10-19(13-4-5-13)16(20)15-8-12(17)9-18-15/h2-3,6-9,13,18H,4-5,10,17H2,1H3. The van der Waals surface area contributed by atoms with Crippen molar-refractivity contribution < 1.29 is 9.53 Å². The Morgan fingerprint density at radius 2 is 2.10 bits per heavy atom. The van der Waals surface area contributed by atoms with Crippen molar-refractivity contribution in [3.8, 4) is 5.75 Å². The van der Waals surface area contributed by atoms with E-state index in [1.54, 1.807) is 19.4 Å². The van der Waals surface area contributed by atoms with Crippen molar-refractivity contribution in [1.82, 2.24) is 9.88 Å². The van der Waals surface area contributed by atoms with E-state index in [0.717, 1.165) is 24.2 Å². The number of nitrogens with zero attached hydrogens (tertiary/aromatic N) is 1. The highest BCUT2D eigenvalue weighted by atomic mass is 16.5. The smallest absolute Gasteiger partial charge is 0.270 e. The zero-order valence-electron chi connectivity index (χ0n) is 12.0. The third-order valence-electron chi connectivity index (χ3n) is 3.70. The zero-order valence-corrected chi connectivity index (χ0v) is 12.0. The van der Waals surface area contributed by atoms with E-state index in [2.05, 4.69) is 4.98 Å². The van der Waals surface area contributed by atoms with E-state index in [0.29, 0.717) is 24.0 Å². The molecule has 0 atom stereocenters. The number of aromatic amines is 1. The fraction of sp³-hybridized carbons (Fsp3) is 0.312. The van der Waals surface area contributed by atoms with Gasteiger partial charge in [0.2, 0.25) is 0 Å². The van der Waals surface area contributed by atoms with E-state index in [9.17, 15) is 4.79 Å². The van der Waals surface area contributed by atoms with Crippen molar-refractivity contribution in [1.29, 1.82) is 0 Å². The summed E-state index contributed by atoms with van der Waals surface area (Å²) >= 11 is 0. The van der Waals surface area contributed by atoms with Gasteiger partial charge >= 0.3 is 0 Å². The van der Waals surface area contributed by atoms with Crippen LogP contribution < -0.4 is 10.5 Å². The van der Waals surface area contributed by atoms with E-state index in [-0.39, 0.29) is 5.91 Å². The predicted octanol–water partition coefficient (Wildman–Crippen LogP) is 2.41. The van der Waals surface area contributed by atoms with Crippen molar-refractivity contribution in [3.63, 3.8) is 0 Å². The van der Waals surface area contributed by atoms with Crippen molar-refractivity contribution in [3.05, 3.63) is 47.8 Å². The second-order valence-corrected chi connectivity index (χ2v) is 5.36. The summed E-state index contributed by atoms with van der Waals surface area (Å²) in [5, 5.41) is 0. The average molecular weight is 285 g/mol. The summed E-state index contributed by atoms with van der Waals surface area (Å²) in [6.07, 6.45) is 3.78. The fourth-order valence-electron chi connectivity index (χ4n) is 2.37. The van der Waals surface area contributed by atoms with Crippen LogP contribution >= 0.6 is 0 Å². The number of nitrogens with one attached hydrogen (secondary N) is 1. The van der Waals surface area contributed by atoms with E-state index in [1.807, 2.05) is 29.2 Å². The Balaban J connectivity index is 1.76. The minimum absolute atomic E-state index is 0.00465. The van der Waals surface area contributed by atoms with E-state index in [4.69, 9.17) is 10.5 Å². The van der Waals surface area contributed by atoms with Gasteiger partial charge in [-0.2, -0.15) is 0 Å². The van der Waals surface area contributed by atoms with E-state index >= 15 is 0 Å². The highest BCUT2D eigenvalue weighted by Gasteiger charge is 2.33. The second-order valence-electron chi connectivity index (χ2n) is 5.36. The summed E-state index contributed by atoms with van der Waals surface area (Å²) in [5.41, 5.74) is 7.90. The lowest BCUT2D eigenvalue weighted by Crippen LogP contribution is -2.32. The number of benzene rings is 1. The van der Waals surface area contributed by atoms with Crippen LogP contribution in [-0.4, -0.2) is 28.9 Å². The van der Waals surface area contributed by atoms with Gasteiger partial charge in [-0.15, -0.1) is 0 Å². The monoisotopic (exact) mass is 285 g/mol. The van der Waals surface area contributed by atoms with Gasteiger partial charge in [0, 0.05) is 24.5 Å². The van der Waals surface area contributed by atoms with Gasteiger partial charge < -0.3 is 20.4 Å². The van der Waals surface area contributed by atoms with Gasteiger partial charge in [0.1, 0.15) is 11.4 Å². The first-order chi connectivity index (χ1) is 10.2. The molecule has 3 rings (SSSR count). The largest absolute Gasteiger partial charge is 0.497 e. The maximum Gasteiger partial charge on any atom is 0.270 e. The van der Waals surface area contributed by atoms with Crippen LogP contribution in [0.3, 0.4) is 0 Å². The molecular formula is C16H19N3O2. The predicted molar refractivity (Wildman–Crippen MR) is 81.1 cm³/mol. The molecule has 0 saturated heterocycles. The number of hydrogen-bond acceptors (Lipinski definition) is 3. The van der Waals surface area contributed by atoms with Gasteiger partial charge in [0.25, 0.3) is 5.91 Å². The number of anilines is 1. The normalized spacial score (nSPS) is 14.0. The first kappa shape index (κ1) is 13.5. The van der Waals surface area contributed by atoms with Gasteiger partial charge in [-0.3, -0.25) is 4.79 Å². The van der Waals surface area contributed by atoms with Crippen LogP contribution in [0.25, 0.3) is 0 Å². The van der Waals surface area contributed by atoms with Crippen molar-refractivity contribution in [2.45, 2.75) is 25.4 Å². The summed E-state index contributed by atoms with van der Waals surface area (Å²) < 4.78 is 5.15. The molecule has 3 N–H and O–H groups in total. The Morgan fingerprint density at radius 3 is 2.62 bits per heavy atom. The molecule has 1 aromatic heterocycles. The van der Waals surface area contributed by atoms with Gasteiger partial charge in [-0.05, 0) is 36.6 Å². The van der Waals surface area contributed by atoms with Gasteiger partial charge in [0.05, 0.1) is 7.11 Å². The molecule has 5 heteroatoms. The molecule has 1 aliphatic carbocycles. The Hall–Kier alpha value is -2.43. The molecule has 110 valence electrons. The molecule has 1 saturated carbocycles. The molecule has 21 heavy (non-hydrogen) atoms. The average Bonchev–Trinajstić information content (AvgIpc) is 3.26. The Bertz CT molecular complexity index is 629. The van der Waals surface area contributed by atoms with Crippen LogP contribution in [-0.2, 0) is 6.54 Å². The van der Waals surface area contributed by atoms with E-state index in [1.165, 1.54) is 0 Å². The van der Waals surface area contributed by atoms with Crippen molar-refractivity contribution >= 4 is 11.6 Å². The third-order valence-corrected chi connectivity index (χ3v) is 3.70. The number of rotatable bonds is 5. The number of H-pyrrole nitrogens is 1. The lowest BCUT2D eigenvalue weighted by atomic mass is 10.2. The maximum atomic E-state index is 12.6. The number of carbonyl (C=O) groups excluding carboxylic acids is 1. The highest BCUT2D eigenvalue weighted by molar-refractivity contribution is 5.93. The zero-order chi connectivity index (χ0) is 14.8. The van der Waals surface area contributed by atoms with Crippen LogP contribution in [0.15, 0.2) is 36.5 Å². The van der Waals surface area contributed by atoms with Crippen LogP contribution in [0, 0.1) is 0 Å². The minimum atomic E-state index is 0.00465. The number of ether oxygens (including phenoxy) is 1. The first-order valence-electron chi connectivity index (χ1n) is 7.05. The molecule has 0 unspecified atom stereocenters. The maximum absolute atomic E-state index is 12.6. The van der Waals surface area contributed by atoms with Gasteiger partial charge in [0.15, 0.2) is 0 Å². The molecule has 0 spiro atoms. The molecule has 0 bridgehead atoms. The highest BCUT2D eigenvalue weighted by Crippen LogP contribution is 2.30. The quantitative estimate of drug-likeness (QED) is 0.886. The summed E-state index contributed by atoms with van der Waals surface area (Å²) in [5.74, 6) is 0.824. The lowest BCUT2D eigenvalue weighted by Gasteiger charge is -2.22. The molecule has 1 aliphatic rings. The summed E-state index contributed by atoms with van der Waals surface area (Å²) in [6, 6.07) is 9.83. The van der Waals surface area contributed by atoms with Crippen LogP contribution in [0.4, 0.5) is 5.69 Å². The number of nitrogens with two attached hydrogens (primary N) is 1. The molecule has 1 amide bonds. The number of nitrogen functional groups attached to an aromatic ring is 1. The van der Waals surface area contributed by atoms with Crippen LogP contribution in [0.5, 0.6) is 5.75 Å². The molecule has 1 fully saturated rings. The number of amides is 1. The molecular weight excluding hydrogens is 266 g/mol. The Labute approximate surface area is 123 Å². The minimum Gasteiger partial charge on any atom is -0.497 e. The van der Waals surface area contributed by atoms with Crippen LogP contribution in [0.2, 0.25) is 0 Å². The fourth-order valence-corrected chi connectivity index (χ4v) is 2.37. The van der Waals surface area contributed by atoms with E-state index < -0.39 is 0 Å². The number of hydrogen-bond donors (Lipinski definition) is 2. The topological polar surface area (TPSA) is 71.3 Å². The Morgan fingerprint density at radius 1 is 1.38 bits per heavy atom. The molecule has 2 aromatic rings. The summed E-state index contributed by atoms with van der Waals surface area (Å²) in [6.45, 7) is 0.604. The van der Waals surface area contributed by atoms with Gasteiger partial charge in [-0.1, -0.05) is 12.1 Å². The Kier molecular flexibility index (Phi) is 3.56. The molecule has 1 aromatic carbocycles. The summed E-state index contributed by atoms with van der Waals surface area (Å²) in [7, 11) is 1.64.